The van der Waals surface area contributed by atoms with Crippen LogP contribution in [0.3, 0.4) is 0 Å². The van der Waals surface area contributed by atoms with Crippen LogP contribution in [-0.2, 0) is 9.59 Å². The lowest BCUT2D eigenvalue weighted by Crippen LogP contribution is -2.40. The summed E-state index contributed by atoms with van der Waals surface area (Å²) in [7, 11) is 1.55. The Morgan fingerprint density at radius 3 is 2.90 bits per heavy atom. The summed E-state index contributed by atoms with van der Waals surface area (Å²) in [5, 5.41) is 11.7. The van der Waals surface area contributed by atoms with Crippen LogP contribution in [0.25, 0.3) is 0 Å². The second-order valence-corrected chi connectivity index (χ2v) is 5.17. The van der Waals surface area contributed by atoms with E-state index in [-0.39, 0.29) is 30.9 Å². The molecular formula is C15H20N2O4. The Morgan fingerprint density at radius 2 is 2.24 bits per heavy atom. The summed E-state index contributed by atoms with van der Waals surface area (Å²) in [5.74, 6) is -0.106. The van der Waals surface area contributed by atoms with Crippen LogP contribution in [0, 0.1) is 5.92 Å². The molecular weight excluding hydrogens is 272 g/mol. The number of hydrogen-bond acceptors (Lipinski definition) is 4. The van der Waals surface area contributed by atoms with Crippen molar-refractivity contribution in [3.05, 3.63) is 24.3 Å². The summed E-state index contributed by atoms with van der Waals surface area (Å²) in [4.78, 5) is 25.8. The molecule has 21 heavy (non-hydrogen) atoms. The van der Waals surface area contributed by atoms with Gasteiger partial charge in [0.1, 0.15) is 5.75 Å². The number of rotatable bonds is 5. The van der Waals surface area contributed by atoms with Crippen LogP contribution >= 0.6 is 0 Å². The fourth-order valence-electron chi connectivity index (χ4n) is 2.38. The molecule has 2 atom stereocenters. The number of nitrogens with zero attached hydrogens (tertiary/aromatic N) is 1. The van der Waals surface area contributed by atoms with Crippen LogP contribution in [0.4, 0.5) is 5.69 Å². The highest BCUT2D eigenvalue weighted by molar-refractivity contribution is 6.01. The number of ether oxygens (including phenoxy) is 1. The molecule has 2 rings (SSSR count). The maximum atomic E-state index is 12.2. The first-order chi connectivity index (χ1) is 10.1. The van der Waals surface area contributed by atoms with E-state index in [1.165, 1.54) is 0 Å². The summed E-state index contributed by atoms with van der Waals surface area (Å²) in [6.45, 7) is 1.92. The number of amides is 2. The van der Waals surface area contributed by atoms with Crippen LogP contribution in [0.1, 0.15) is 13.3 Å². The number of methoxy groups -OCH3 is 1. The quantitative estimate of drug-likeness (QED) is 0.830. The van der Waals surface area contributed by atoms with Gasteiger partial charge in [-0.2, -0.15) is 0 Å². The third kappa shape index (κ3) is 3.33. The van der Waals surface area contributed by atoms with E-state index in [9.17, 15) is 9.59 Å². The Balaban J connectivity index is 2.11. The molecule has 1 saturated heterocycles. The third-order valence-corrected chi connectivity index (χ3v) is 3.53. The van der Waals surface area contributed by atoms with Crippen molar-refractivity contribution in [1.82, 2.24) is 5.32 Å². The SMILES string of the molecule is COc1ccccc1N1CC(C(=O)NC(C)CO)CC1=O. The van der Waals surface area contributed by atoms with E-state index in [1.807, 2.05) is 12.1 Å². The monoisotopic (exact) mass is 292 g/mol. The first-order valence-corrected chi connectivity index (χ1v) is 6.91. The van der Waals surface area contributed by atoms with E-state index in [4.69, 9.17) is 9.84 Å². The van der Waals surface area contributed by atoms with Crippen LogP contribution in [0.15, 0.2) is 24.3 Å². The van der Waals surface area contributed by atoms with E-state index in [2.05, 4.69) is 5.32 Å². The van der Waals surface area contributed by atoms with Gasteiger partial charge in [0.05, 0.1) is 25.3 Å². The highest BCUT2D eigenvalue weighted by Gasteiger charge is 2.36. The molecule has 0 aromatic heterocycles. The Labute approximate surface area is 123 Å². The standard InChI is InChI=1S/C15H20N2O4/c1-10(9-18)16-15(20)11-7-14(19)17(8-11)12-5-3-4-6-13(12)21-2/h3-6,10-11,18H,7-9H2,1-2H3,(H,16,20). The van der Waals surface area contributed by atoms with Crippen molar-refractivity contribution in [3.63, 3.8) is 0 Å². The Bertz CT molecular complexity index is 532. The Hall–Kier alpha value is -2.08. The summed E-state index contributed by atoms with van der Waals surface area (Å²) in [5.41, 5.74) is 0.676. The van der Waals surface area contributed by atoms with E-state index in [0.717, 1.165) is 0 Å². The zero-order valence-electron chi connectivity index (χ0n) is 12.2. The minimum atomic E-state index is -0.406. The van der Waals surface area contributed by atoms with Crippen molar-refractivity contribution < 1.29 is 19.4 Å². The summed E-state index contributed by atoms with van der Waals surface area (Å²) in [6.07, 6.45) is 0.169. The van der Waals surface area contributed by atoms with Crippen molar-refractivity contribution >= 4 is 17.5 Å². The van der Waals surface area contributed by atoms with Gasteiger partial charge in [0.25, 0.3) is 0 Å². The molecule has 2 amide bonds. The maximum Gasteiger partial charge on any atom is 0.227 e. The molecule has 1 aromatic rings. The lowest BCUT2D eigenvalue weighted by molar-refractivity contribution is -0.127. The normalized spacial score (nSPS) is 19.5. The molecule has 1 aliphatic rings. The molecule has 0 bridgehead atoms. The molecule has 2 unspecified atom stereocenters. The number of aliphatic hydroxyl groups is 1. The molecule has 2 N–H and O–H groups in total. The predicted molar refractivity (Wildman–Crippen MR) is 78.1 cm³/mol. The molecule has 0 saturated carbocycles. The lowest BCUT2D eigenvalue weighted by Gasteiger charge is -2.19. The second-order valence-electron chi connectivity index (χ2n) is 5.17. The second kappa shape index (κ2) is 6.58. The summed E-state index contributed by atoms with van der Waals surface area (Å²) in [6, 6.07) is 6.92. The first kappa shape index (κ1) is 15.3. The van der Waals surface area contributed by atoms with Gasteiger partial charge in [-0.05, 0) is 19.1 Å². The van der Waals surface area contributed by atoms with Crippen LogP contribution in [0.2, 0.25) is 0 Å². The van der Waals surface area contributed by atoms with Crippen LogP contribution < -0.4 is 15.0 Å². The van der Waals surface area contributed by atoms with Crippen LogP contribution in [0.5, 0.6) is 5.75 Å². The van der Waals surface area contributed by atoms with Gasteiger partial charge in [-0.3, -0.25) is 9.59 Å². The number of carbonyl (C=O) groups is 2. The maximum absolute atomic E-state index is 12.2. The van der Waals surface area contributed by atoms with Crippen molar-refractivity contribution in [2.45, 2.75) is 19.4 Å². The van der Waals surface area contributed by atoms with E-state index in [0.29, 0.717) is 18.0 Å². The summed E-state index contributed by atoms with van der Waals surface area (Å²) >= 11 is 0. The molecule has 1 aliphatic heterocycles. The molecule has 1 heterocycles. The van der Waals surface area contributed by atoms with Gasteiger partial charge in [-0.15, -0.1) is 0 Å². The average molecular weight is 292 g/mol. The number of carbonyl (C=O) groups excluding carboxylic acids is 2. The van der Waals surface area contributed by atoms with Crippen LogP contribution in [-0.4, -0.2) is 43.2 Å². The fourth-order valence-corrected chi connectivity index (χ4v) is 2.38. The number of para-hydroxylation sites is 2. The Kier molecular flexibility index (Phi) is 4.80. The average Bonchev–Trinajstić information content (AvgIpc) is 2.89. The zero-order chi connectivity index (χ0) is 15.4. The highest BCUT2D eigenvalue weighted by atomic mass is 16.5. The smallest absolute Gasteiger partial charge is 0.227 e. The van der Waals surface area contributed by atoms with Gasteiger partial charge in [0, 0.05) is 19.0 Å². The van der Waals surface area contributed by atoms with E-state index in [1.54, 1.807) is 31.1 Å². The molecule has 0 spiro atoms. The van der Waals surface area contributed by atoms with Crippen molar-refractivity contribution in [1.29, 1.82) is 0 Å². The largest absolute Gasteiger partial charge is 0.495 e. The molecule has 114 valence electrons. The van der Waals surface area contributed by atoms with Crippen molar-refractivity contribution in [2.75, 3.05) is 25.2 Å². The molecule has 1 aromatic carbocycles. The minimum Gasteiger partial charge on any atom is -0.495 e. The highest BCUT2D eigenvalue weighted by Crippen LogP contribution is 2.32. The molecule has 1 fully saturated rings. The van der Waals surface area contributed by atoms with E-state index < -0.39 is 5.92 Å². The Morgan fingerprint density at radius 1 is 1.52 bits per heavy atom. The van der Waals surface area contributed by atoms with Gasteiger partial charge in [-0.25, -0.2) is 0 Å². The predicted octanol–water partition coefficient (Wildman–Crippen LogP) is 0.545. The number of aliphatic hydroxyl groups excluding tert-OH is 1. The van der Waals surface area contributed by atoms with Gasteiger partial charge >= 0.3 is 0 Å². The number of nitrogens with one attached hydrogen (secondary N) is 1. The molecule has 6 heteroatoms. The van der Waals surface area contributed by atoms with Gasteiger partial charge in [0.15, 0.2) is 0 Å². The van der Waals surface area contributed by atoms with Gasteiger partial charge in [-0.1, -0.05) is 12.1 Å². The van der Waals surface area contributed by atoms with E-state index >= 15 is 0 Å². The summed E-state index contributed by atoms with van der Waals surface area (Å²) < 4.78 is 5.26. The minimum absolute atomic E-state index is 0.101. The van der Waals surface area contributed by atoms with Gasteiger partial charge in [0.2, 0.25) is 11.8 Å². The third-order valence-electron chi connectivity index (χ3n) is 3.53. The van der Waals surface area contributed by atoms with Gasteiger partial charge < -0.3 is 20.1 Å². The fraction of sp³-hybridized carbons (Fsp3) is 0.467. The molecule has 0 radical (unpaired) electrons. The zero-order valence-corrected chi connectivity index (χ0v) is 12.2. The number of hydrogen-bond donors (Lipinski definition) is 2. The number of anilines is 1. The topological polar surface area (TPSA) is 78.9 Å². The first-order valence-electron chi connectivity index (χ1n) is 6.91. The molecule has 0 aliphatic carbocycles. The molecule has 6 nitrogen and oxygen atoms in total. The van der Waals surface area contributed by atoms with Crippen molar-refractivity contribution in [3.8, 4) is 5.75 Å². The van der Waals surface area contributed by atoms with Crippen molar-refractivity contribution in [2.24, 2.45) is 5.92 Å². The lowest BCUT2D eigenvalue weighted by atomic mass is 10.1. The number of benzene rings is 1.